The minimum absolute atomic E-state index is 0.0218. The second kappa shape index (κ2) is 7.49. The zero-order chi connectivity index (χ0) is 22.7. The maximum Gasteiger partial charge on any atom is 0.211 e. The average molecular weight is 456 g/mol. The fourth-order valence-electron chi connectivity index (χ4n) is 5.14. The summed E-state index contributed by atoms with van der Waals surface area (Å²) in [5, 5.41) is 7.22. The number of hydrogen-bond acceptors (Lipinski definition) is 6. The van der Waals surface area contributed by atoms with Gasteiger partial charge in [-0.2, -0.15) is 5.10 Å². The highest BCUT2D eigenvalue weighted by Gasteiger charge is 2.53. The monoisotopic (exact) mass is 455 g/mol. The maximum absolute atomic E-state index is 12.1. The van der Waals surface area contributed by atoms with E-state index in [0.29, 0.717) is 31.7 Å². The third-order valence-corrected chi connectivity index (χ3v) is 8.19. The summed E-state index contributed by atoms with van der Waals surface area (Å²) in [7, 11) is -1.59. The van der Waals surface area contributed by atoms with Crippen molar-refractivity contribution in [2.45, 2.75) is 44.9 Å². The van der Waals surface area contributed by atoms with Crippen molar-refractivity contribution >= 4 is 15.7 Å². The van der Waals surface area contributed by atoms with Crippen LogP contribution in [-0.4, -0.2) is 55.6 Å². The van der Waals surface area contributed by atoms with Gasteiger partial charge in [0.1, 0.15) is 0 Å². The molecule has 1 spiro atoms. The van der Waals surface area contributed by atoms with E-state index in [-0.39, 0.29) is 6.04 Å². The van der Waals surface area contributed by atoms with Gasteiger partial charge in [0.2, 0.25) is 15.7 Å². The molecule has 0 aliphatic carbocycles. The number of piperidine rings is 1. The summed E-state index contributed by atoms with van der Waals surface area (Å²) in [5.74, 6) is 1.45. The van der Waals surface area contributed by atoms with E-state index in [1.54, 1.807) is 7.11 Å². The van der Waals surface area contributed by atoms with E-state index in [0.717, 1.165) is 29.0 Å². The Kier molecular flexibility index (Phi) is 4.98. The Bertz CT molecular complexity index is 1200. The second-order valence-corrected chi connectivity index (χ2v) is 11.0. The number of fused-ring (bicyclic) bond motifs is 4. The molecule has 1 saturated heterocycles. The number of para-hydroxylation sites is 1. The van der Waals surface area contributed by atoms with Gasteiger partial charge in [-0.15, -0.1) is 0 Å². The van der Waals surface area contributed by atoms with E-state index in [2.05, 4.69) is 43.1 Å². The summed E-state index contributed by atoms with van der Waals surface area (Å²) in [6, 6.07) is 12.4. The Balaban J connectivity index is 1.60. The molecule has 0 aromatic heterocycles. The van der Waals surface area contributed by atoms with Crippen molar-refractivity contribution in [3.8, 4) is 11.5 Å². The van der Waals surface area contributed by atoms with Crippen molar-refractivity contribution in [3.05, 3.63) is 58.7 Å². The number of aryl methyl sites for hydroxylation is 2. The predicted octanol–water partition coefficient (Wildman–Crippen LogP) is 3.61. The number of ether oxygens (including phenoxy) is 2. The summed E-state index contributed by atoms with van der Waals surface area (Å²) < 4.78 is 38.1. The van der Waals surface area contributed by atoms with Crippen molar-refractivity contribution < 1.29 is 17.9 Å². The van der Waals surface area contributed by atoms with E-state index in [1.165, 1.54) is 21.7 Å². The molecule has 1 fully saturated rings. The van der Waals surface area contributed by atoms with Crippen molar-refractivity contribution in [1.29, 1.82) is 0 Å². The highest BCUT2D eigenvalue weighted by atomic mass is 32.2. The van der Waals surface area contributed by atoms with Gasteiger partial charge < -0.3 is 9.47 Å². The Hall–Kier alpha value is -2.58. The Morgan fingerprint density at radius 3 is 2.59 bits per heavy atom. The molecule has 2 aromatic carbocycles. The molecule has 3 aliphatic rings. The van der Waals surface area contributed by atoms with Crippen molar-refractivity contribution in [2.75, 3.05) is 26.5 Å². The lowest BCUT2D eigenvalue weighted by atomic mass is 9.90. The van der Waals surface area contributed by atoms with Crippen LogP contribution in [0.15, 0.2) is 41.5 Å². The normalized spacial score (nSPS) is 22.2. The smallest absolute Gasteiger partial charge is 0.211 e. The van der Waals surface area contributed by atoms with Crippen LogP contribution in [0.1, 0.15) is 47.6 Å². The van der Waals surface area contributed by atoms with E-state index < -0.39 is 15.7 Å². The van der Waals surface area contributed by atoms with Gasteiger partial charge in [-0.25, -0.2) is 17.7 Å². The van der Waals surface area contributed by atoms with Gasteiger partial charge in [0.25, 0.3) is 0 Å². The average Bonchev–Trinajstić information content (AvgIpc) is 3.21. The van der Waals surface area contributed by atoms with Gasteiger partial charge in [0.05, 0.1) is 25.1 Å². The predicted molar refractivity (Wildman–Crippen MR) is 124 cm³/mol. The van der Waals surface area contributed by atoms with Gasteiger partial charge in [-0.05, 0) is 31.5 Å². The highest BCUT2D eigenvalue weighted by molar-refractivity contribution is 7.88. The molecule has 1 atom stereocenters. The quantitative estimate of drug-likeness (QED) is 0.707. The Morgan fingerprint density at radius 2 is 1.91 bits per heavy atom. The van der Waals surface area contributed by atoms with E-state index in [9.17, 15) is 8.42 Å². The summed E-state index contributed by atoms with van der Waals surface area (Å²) >= 11 is 0. The first-order chi connectivity index (χ1) is 15.2. The summed E-state index contributed by atoms with van der Waals surface area (Å²) in [6.45, 7) is 5.02. The van der Waals surface area contributed by atoms with Gasteiger partial charge in [0, 0.05) is 43.5 Å². The molecule has 3 heterocycles. The van der Waals surface area contributed by atoms with E-state index in [4.69, 9.17) is 14.6 Å². The molecule has 0 saturated carbocycles. The first-order valence-electron chi connectivity index (χ1n) is 11.0. The highest BCUT2D eigenvalue weighted by Crippen LogP contribution is 2.52. The SMILES string of the molecule is COc1cccc2c1OC1(CCN(S(C)(=O)=O)CC1)N1N=C(c3cc(C)ccc3C)CC21. The van der Waals surface area contributed by atoms with E-state index in [1.807, 2.05) is 12.1 Å². The zero-order valence-corrected chi connectivity index (χ0v) is 19.8. The van der Waals surface area contributed by atoms with Crippen LogP contribution < -0.4 is 9.47 Å². The van der Waals surface area contributed by atoms with E-state index >= 15 is 0 Å². The first kappa shape index (κ1) is 21.3. The molecular weight excluding hydrogens is 426 g/mol. The summed E-state index contributed by atoms with van der Waals surface area (Å²) in [6.07, 6.45) is 3.11. The number of sulfonamides is 1. The van der Waals surface area contributed by atoms with Crippen molar-refractivity contribution in [1.82, 2.24) is 9.31 Å². The van der Waals surface area contributed by atoms with Gasteiger partial charge in [0.15, 0.2) is 11.5 Å². The number of hydrazone groups is 1. The maximum atomic E-state index is 12.1. The van der Waals surface area contributed by atoms with Crippen LogP contribution in [-0.2, 0) is 10.0 Å². The Morgan fingerprint density at radius 1 is 1.16 bits per heavy atom. The molecule has 3 aliphatic heterocycles. The second-order valence-electron chi connectivity index (χ2n) is 9.02. The number of benzene rings is 2. The van der Waals surface area contributed by atoms with Gasteiger partial charge >= 0.3 is 0 Å². The molecule has 0 bridgehead atoms. The lowest BCUT2D eigenvalue weighted by Gasteiger charge is -2.50. The lowest BCUT2D eigenvalue weighted by molar-refractivity contribution is -0.144. The van der Waals surface area contributed by atoms with Crippen LogP contribution in [0.5, 0.6) is 11.5 Å². The zero-order valence-electron chi connectivity index (χ0n) is 19.0. The lowest BCUT2D eigenvalue weighted by Crippen LogP contribution is -2.59. The van der Waals surface area contributed by atoms with Crippen LogP contribution in [0.25, 0.3) is 0 Å². The van der Waals surface area contributed by atoms with Crippen LogP contribution >= 0.6 is 0 Å². The molecule has 0 amide bonds. The number of rotatable bonds is 3. The third-order valence-electron chi connectivity index (χ3n) is 6.88. The first-order valence-corrected chi connectivity index (χ1v) is 12.8. The molecule has 2 aromatic rings. The largest absolute Gasteiger partial charge is 0.493 e. The minimum atomic E-state index is -3.24. The van der Waals surface area contributed by atoms with Crippen LogP contribution in [0.3, 0.4) is 0 Å². The van der Waals surface area contributed by atoms with Crippen LogP contribution in [0.4, 0.5) is 0 Å². The third kappa shape index (κ3) is 3.36. The number of hydrogen-bond donors (Lipinski definition) is 0. The van der Waals surface area contributed by atoms with Crippen LogP contribution in [0.2, 0.25) is 0 Å². The molecule has 5 rings (SSSR count). The van der Waals surface area contributed by atoms with Crippen LogP contribution in [0, 0.1) is 13.8 Å². The molecule has 170 valence electrons. The minimum Gasteiger partial charge on any atom is -0.493 e. The standard InChI is InChI=1S/C24H29N3O4S/c1-16-8-9-17(2)19(14-16)20-15-21-18-6-5-7-22(30-3)23(18)31-24(27(21)25-20)10-12-26(13-11-24)32(4,28)29/h5-9,14,21H,10-13,15H2,1-4H3. The molecule has 32 heavy (non-hydrogen) atoms. The topological polar surface area (TPSA) is 71.4 Å². The number of nitrogens with zero attached hydrogens (tertiary/aromatic N) is 3. The fourth-order valence-corrected chi connectivity index (χ4v) is 5.98. The summed E-state index contributed by atoms with van der Waals surface area (Å²) in [5.41, 5.74) is 4.96. The van der Waals surface area contributed by atoms with Gasteiger partial charge in [-0.3, -0.25) is 0 Å². The van der Waals surface area contributed by atoms with Gasteiger partial charge in [-0.1, -0.05) is 29.8 Å². The molecule has 8 heteroatoms. The molecule has 0 N–H and O–H groups in total. The molecule has 1 unspecified atom stereocenters. The number of methoxy groups -OCH3 is 1. The molecule has 7 nitrogen and oxygen atoms in total. The summed E-state index contributed by atoms with van der Waals surface area (Å²) in [4.78, 5) is 0. The molecular formula is C24H29N3O4S. The van der Waals surface area contributed by atoms with Crippen molar-refractivity contribution in [2.24, 2.45) is 5.10 Å². The Labute approximate surface area is 189 Å². The molecule has 0 radical (unpaired) electrons. The van der Waals surface area contributed by atoms with Crippen molar-refractivity contribution in [3.63, 3.8) is 0 Å². The fraction of sp³-hybridized carbons (Fsp3) is 0.458.